The van der Waals surface area contributed by atoms with E-state index >= 15 is 0 Å². The second-order valence-electron chi connectivity index (χ2n) is 2.51. The van der Waals surface area contributed by atoms with Crippen molar-refractivity contribution in [3.63, 3.8) is 0 Å². The van der Waals surface area contributed by atoms with Crippen molar-refractivity contribution in [1.29, 1.82) is 0 Å². The summed E-state index contributed by atoms with van der Waals surface area (Å²) in [6.45, 7) is 3.46. The van der Waals surface area contributed by atoms with E-state index in [1.165, 1.54) is 0 Å². The van der Waals surface area contributed by atoms with Crippen molar-refractivity contribution in [3.05, 3.63) is 24.3 Å². The minimum absolute atomic E-state index is 0.351. The van der Waals surface area contributed by atoms with Crippen LogP contribution in [0.4, 0.5) is 0 Å². The number of para-hydroxylation sites is 1. The molecule has 3 heteroatoms. The molecule has 1 aromatic rings. The summed E-state index contributed by atoms with van der Waals surface area (Å²) in [7, 11) is 0. The molecule has 0 aliphatic carbocycles. The van der Waals surface area contributed by atoms with E-state index in [0.717, 1.165) is 23.9 Å². The Labute approximate surface area is 82.9 Å². The SMILES string of the molecule is CCOCCSc1ccccc1O. The summed E-state index contributed by atoms with van der Waals surface area (Å²) in [5, 5.41) is 9.41. The van der Waals surface area contributed by atoms with Crippen LogP contribution in [0.3, 0.4) is 0 Å². The predicted molar refractivity (Wildman–Crippen MR) is 55.3 cm³/mol. The van der Waals surface area contributed by atoms with Gasteiger partial charge in [0.25, 0.3) is 0 Å². The van der Waals surface area contributed by atoms with Crippen molar-refractivity contribution in [2.24, 2.45) is 0 Å². The molecule has 0 unspecified atom stereocenters. The predicted octanol–water partition coefficient (Wildman–Crippen LogP) is 2.52. The molecular weight excluding hydrogens is 184 g/mol. The Hall–Kier alpha value is -0.670. The molecule has 0 bridgehead atoms. The zero-order chi connectivity index (χ0) is 9.52. The highest BCUT2D eigenvalue weighted by Gasteiger charge is 1.98. The molecule has 1 N–H and O–H groups in total. The number of hydrogen-bond donors (Lipinski definition) is 1. The van der Waals surface area contributed by atoms with Crippen LogP contribution in [-0.2, 0) is 4.74 Å². The molecule has 0 aliphatic heterocycles. The first-order valence-electron chi connectivity index (χ1n) is 4.33. The Morgan fingerprint density at radius 2 is 2.15 bits per heavy atom. The molecule has 0 aliphatic rings. The van der Waals surface area contributed by atoms with Gasteiger partial charge in [-0.3, -0.25) is 0 Å². The Bertz CT molecular complexity index is 250. The highest BCUT2D eigenvalue weighted by molar-refractivity contribution is 7.99. The van der Waals surface area contributed by atoms with Gasteiger partial charge in [0, 0.05) is 17.3 Å². The highest BCUT2D eigenvalue weighted by atomic mass is 32.2. The van der Waals surface area contributed by atoms with E-state index in [1.54, 1.807) is 17.8 Å². The molecule has 0 atom stereocenters. The van der Waals surface area contributed by atoms with Crippen LogP contribution in [-0.4, -0.2) is 24.1 Å². The van der Waals surface area contributed by atoms with Crippen molar-refractivity contribution < 1.29 is 9.84 Å². The summed E-state index contributed by atoms with van der Waals surface area (Å²) in [6, 6.07) is 7.35. The maximum Gasteiger partial charge on any atom is 0.129 e. The molecule has 0 fully saturated rings. The summed E-state index contributed by atoms with van der Waals surface area (Å²) >= 11 is 1.61. The number of ether oxygens (including phenoxy) is 1. The van der Waals surface area contributed by atoms with Crippen LogP contribution in [0.15, 0.2) is 29.2 Å². The van der Waals surface area contributed by atoms with E-state index in [1.807, 2.05) is 25.1 Å². The number of aromatic hydroxyl groups is 1. The maximum absolute atomic E-state index is 9.41. The monoisotopic (exact) mass is 198 g/mol. The van der Waals surface area contributed by atoms with Crippen LogP contribution < -0.4 is 0 Å². The molecule has 0 saturated carbocycles. The van der Waals surface area contributed by atoms with Crippen molar-refractivity contribution in [1.82, 2.24) is 0 Å². The Morgan fingerprint density at radius 1 is 1.38 bits per heavy atom. The molecule has 1 aromatic carbocycles. The van der Waals surface area contributed by atoms with Crippen LogP contribution in [0.25, 0.3) is 0 Å². The first-order chi connectivity index (χ1) is 6.34. The third-order valence-electron chi connectivity index (χ3n) is 1.55. The van der Waals surface area contributed by atoms with E-state index in [-0.39, 0.29) is 0 Å². The van der Waals surface area contributed by atoms with Crippen molar-refractivity contribution >= 4 is 11.8 Å². The lowest BCUT2D eigenvalue weighted by atomic mass is 10.3. The number of benzene rings is 1. The minimum Gasteiger partial charge on any atom is -0.507 e. The second-order valence-corrected chi connectivity index (χ2v) is 3.65. The van der Waals surface area contributed by atoms with Gasteiger partial charge in [0.15, 0.2) is 0 Å². The zero-order valence-corrected chi connectivity index (χ0v) is 8.51. The smallest absolute Gasteiger partial charge is 0.129 e. The molecular formula is C10H14O2S. The van der Waals surface area contributed by atoms with E-state index in [4.69, 9.17) is 4.74 Å². The van der Waals surface area contributed by atoms with Gasteiger partial charge in [0.05, 0.1) is 6.61 Å². The normalized spacial score (nSPS) is 10.2. The summed E-state index contributed by atoms with van der Waals surface area (Å²) in [5.41, 5.74) is 0. The van der Waals surface area contributed by atoms with Gasteiger partial charge < -0.3 is 9.84 Å². The van der Waals surface area contributed by atoms with Gasteiger partial charge in [-0.15, -0.1) is 11.8 Å². The van der Waals surface area contributed by atoms with E-state index in [0.29, 0.717) is 5.75 Å². The molecule has 0 heterocycles. The van der Waals surface area contributed by atoms with Gasteiger partial charge in [0.1, 0.15) is 5.75 Å². The lowest BCUT2D eigenvalue weighted by Gasteiger charge is -2.03. The zero-order valence-electron chi connectivity index (χ0n) is 7.69. The van der Waals surface area contributed by atoms with Crippen molar-refractivity contribution in [2.75, 3.05) is 19.0 Å². The summed E-state index contributed by atoms with van der Waals surface area (Å²) < 4.78 is 5.19. The number of phenolic OH excluding ortho intramolecular Hbond substituents is 1. The maximum atomic E-state index is 9.41. The molecule has 0 radical (unpaired) electrons. The first kappa shape index (κ1) is 10.4. The Kier molecular flexibility index (Phi) is 4.72. The number of hydrogen-bond acceptors (Lipinski definition) is 3. The fraction of sp³-hybridized carbons (Fsp3) is 0.400. The standard InChI is InChI=1S/C10H14O2S/c1-2-12-7-8-13-10-6-4-3-5-9(10)11/h3-6,11H,2,7-8H2,1H3. The summed E-state index contributed by atoms with van der Waals surface area (Å²) in [5.74, 6) is 1.23. The molecule has 1 rings (SSSR count). The van der Waals surface area contributed by atoms with Crippen LogP contribution in [0, 0.1) is 0 Å². The fourth-order valence-electron chi connectivity index (χ4n) is 0.934. The fourth-order valence-corrected chi connectivity index (χ4v) is 1.75. The van der Waals surface area contributed by atoms with Gasteiger partial charge in [-0.1, -0.05) is 12.1 Å². The first-order valence-corrected chi connectivity index (χ1v) is 5.31. The molecule has 0 amide bonds. The summed E-state index contributed by atoms with van der Waals surface area (Å²) in [4.78, 5) is 0.919. The van der Waals surface area contributed by atoms with Gasteiger partial charge in [0.2, 0.25) is 0 Å². The van der Waals surface area contributed by atoms with Crippen LogP contribution in [0.5, 0.6) is 5.75 Å². The topological polar surface area (TPSA) is 29.5 Å². The third-order valence-corrected chi connectivity index (χ3v) is 2.58. The molecule has 13 heavy (non-hydrogen) atoms. The van der Waals surface area contributed by atoms with Gasteiger partial charge >= 0.3 is 0 Å². The molecule has 0 aromatic heterocycles. The number of phenols is 1. The average Bonchev–Trinajstić information content (AvgIpc) is 2.15. The Morgan fingerprint density at radius 3 is 2.85 bits per heavy atom. The third kappa shape index (κ3) is 3.70. The van der Waals surface area contributed by atoms with E-state index < -0.39 is 0 Å². The number of rotatable bonds is 5. The van der Waals surface area contributed by atoms with Crippen LogP contribution in [0.2, 0.25) is 0 Å². The lowest BCUT2D eigenvalue weighted by molar-refractivity contribution is 0.164. The van der Waals surface area contributed by atoms with Crippen LogP contribution >= 0.6 is 11.8 Å². The largest absolute Gasteiger partial charge is 0.507 e. The molecule has 0 saturated heterocycles. The second kappa shape index (κ2) is 5.89. The minimum atomic E-state index is 0.351. The highest BCUT2D eigenvalue weighted by Crippen LogP contribution is 2.27. The number of thioether (sulfide) groups is 1. The van der Waals surface area contributed by atoms with Gasteiger partial charge in [-0.05, 0) is 19.1 Å². The Balaban J connectivity index is 2.32. The van der Waals surface area contributed by atoms with E-state index in [2.05, 4.69) is 0 Å². The summed E-state index contributed by atoms with van der Waals surface area (Å²) in [6.07, 6.45) is 0. The van der Waals surface area contributed by atoms with Gasteiger partial charge in [-0.25, -0.2) is 0 Å². The van der Waals surface area contributed by atoms with Gasteiger partial charge in [-0.2, -0.15) is 0 Å². The average molecular weight is 198 g/mol. The molecule has 0 spiro atoms. The van der Waals surface area contributed by atoms with Crippen molar-refractivity contribution in [3.8, 4) is 5.75 Å². The van der Waals surface area contributed by atoms with Crippen LogP contribution in [0.1, 0.15) is 6.92 Å². The van der Waals surface area contributed by atoms with Crippen molar-refractivity contribution in [2.45, 2.75) is 11.8 Å². The molecule has 2 nitrogen and oxygen atoms in total. The van der Waals surface area contributed by atoms with E-state index in [9.17, 15) is 5.11 Å². The quantitative estimate of drug-likeness (QED) is 0.582. The lowest BCUT2D eigenvalue weighted by Crippen LogP contribution is -1.95. The molecule has 72 valence electrons.